The first-order valence-corrected chi connectivity index (χ1v) is 8.54. The highest BCUT2D eigenvalue weighted by Crippen LogP contribution is 2.39. The van der Waals surface area contributed by atoms with Crippen LogP contribution in [0, 0.1) is 0 Å². The van der Waals surface area contributed by atoms with Gasteiger partial charge in [-0.15, -0.1) is 0 Å². The summed E-state index contributed by atoms with van der Waals surface area (Å²) < 4.78 is 5.38. The maximum Gasteiger partial charge on any atom is 0.119 e. The first kappa shape index (κ1) is 16.9. The van der Waals surface area contributed by atoms with Gasteiger partial charge in [0.1, 0.15) is 5.75 Å². The molecule has 0 aromatic heterocycles. The van der Waals surface area contributed by atoms with E-state index in [-0.39, 0.29) is 0 Å². The number of rotatable bonds is 5. The Kier molecular flexibility index (Phi) is 5.12. The number of nitrogens with zero attached hydrogens (tertiary/aromatic N) is 2. The minimum Gasteiger partial charge on any atom is -0.497 e. The molecule has 3 rings (SSSR count). The summed E-state index contributed by atoms with van der Waals surface area (Å²) in [5.41, 5.74) is 4.68. The first-order valence-electron chi connectivity index (χ1n) is 8.16. The third-order valence-electron chi connectivity index (χ3n) is 4.24. The molecule has 3 nitrogen and oxygen atoms in total. The van der Waals surface area contributed by atoms with Crippen LogP contribution in [0.3, 0.4) is 0 Å². The van der Waals surface area contributed by atoms with E-state index in [9.17, 15) is 0 Å². The first-order chi connectivity index (χ1) is 11.6. The van der Waals surface area contributed by atoms with E-state index < -0.39 is 0 Å². The van der Waals surface area contributed by atoms with Gasteiger partial charge in [-0.05, 0) is 63.0 Å². The van der Waals surface area contributed by atoms with Gasteiger partial charge in [0.05, 0.1) is 7.11 Å². The van der Waals surface area contributed by atoms with Crippen LogP contribution in [0.25, 0.3) is 12.2 Å². The minimum absolute atomic E-state index is 0.761. The zero-order chi connectivity index (χ0) is 17.1. The molecule has 0 saturated heterocycles. The highest BCUT2D eigenvalue weighted by atomic mass is 35.5. The second-order valence-electron chi connectivity index (χ2n) is 6.27. The third kappa shape index (κ3) is 3.58. The van der Waals surface area contributed by atoms with Crippen molar-refractivity contribution >= 4 is 35.1 Å². The van der Waals surface area contributed by atoms with Gasteiger partial charge in [-0.1, -0.05) is 29.8 Å². The van der Waals surface area contributed by atoms with Crippen molar-refractivity contribution < 1.29 is 4.74 Å². The number of anilines is 2. The van der Waals surface area contributed by atoms with Crippen molar-refractivity contribution in [2.45, 2.75) is 6.42 Å². The van der Waals surface area contributed by atoms with E-state index in [1.54, 1.807) is 7.11 Å². The van der Waals surface area contributed by atoms with Gasteiger partial charge in [-0.2, -0.15) is 0 Å². The Bertz CT molecular complexity index is 755. The molecule has 0 unspecified atom stereocenters. The van der Waals surface area contributed by atoms with E-state index in [0.29, 0.717) is 0 Å². The van der Waals surface area contributed by atoms with E-state index in [0.717, 1.165) is 41.5 Å². The van der Waals surface area contributed by atoms with Gasteiger partial charge in [0.2, 0.25) is 0 Å². The lowest BCUT2D eigenvalue weighted by molar-refractivity contribution is 0.402. The van der Waals surface area contributed by atoms with Crippen LogP contribution in [0.2, 0.25) is 5.02 Å². The molecule has 0 aliphatic carbocycles. The standard InChI is InChI=1S/C20H23ClN2O/c1-22(2)11-4-12-23-19-10-9-18(24-3)13-16(19)6-5-15-7-8-17(21)14-20(15)23/h5-10,13-14H,4,11-12H2,1-3H3. The highest BCUT2D eigenvalue weighted by molar-refractivity contribution is 6.31. The fourth-order valence-corrected chi connectivity index (χ4v) is 3.19. The largest absolute Gasteiger partial charge is 0.497 e. The van der Waals surface area contributed by atoms with E-state index in [1.165, 1.54) is 11.3 Å². The lowest BCUT2D eigenvalue weighted by Crippen LogP contribution is -2.24. The van der Waals surface area contributed by atoms with Crippen LogP contribution in [0.15, 0.2) is 36.4 Å². The Morgan fingerprint density at radius 1 is 1.00 bits per heavy atom. The molecular weight excluding hydrogens is 320 g/mol. The van der Waals surface area contributed by atoms with Crippen molar-refractivity contribution in [2.24, 2.45) is 0 Å². The number of hydrogen-bond acceptors (Lipinski definition) is 3. The Hall–Kier alpha value is -1.97. The Labute approximate surface area is 149 Å². The van der Waals surface area contributed by atoms with E-state index in [1.807, 2.05) is 12.1 Å². The quantitative estimate of drug-likeness (QED) is 0.766. The van der Waals surface area contributed by atoms with Crippen molar-refractivity contribution in [3.05, 3.63) is 52.5 Å². The van der Waals surface area contributed by atoms with Crippen LogP contribution in [0.4, 0.5) is 11.4 Å². The fourth-order valence-electron chi connectivity index (χ4n) is 3.03. The van der Waals surface area contributed by atoms with Crippen LogP contribution >= 0.6 is 11.6 Å². The monoisotopic (exact) mass is 342 g/mol. The molecule has 2 aromatic carbocycles. The number of methoxy groups -OCH3 is 1. The zero-order valence-electron chi connectivity index (χ0n) is 14.4. The smallest absolute Gasteiger partial charge is 0.119 e. The Morgan fingerprint density at radius 3 is 2.54 bits per heavy atom. The van der Waals surface area contributed by atoms with Crippen LogP contribution in [-0.4, -0.2) is 39.2 Å². The molecule has 4 heteroatoms. The molecule has 0 saturated carbocycles. The number of benzene rings is 2. The summed E-state index contributed by atoms with van der Waals surface area (Å²) >= 11 is 6.28. The molecule has 0 atom stereocenters. The SMILES string of the molecule is COc1ccc2c(c1)C=Cc1ccc(Cl)cc1N2CCCN(C)C. The van der Waals surface area contributed by atoms with Crippen LogP contribution < -0.4 is 9.64 Å². The molecule has 1 aliphatic rings. The molecule has 126 valence electrons. The van der Waals surface area contributed by atoms with Crippen molar-refractivity contribution in [3.63, 3.8) is 0 Å². The summed E-state index contributed by atoms with van der Waals surface area (Å²) in [5, 5.41) is 0.761. The topological polar surface area (TPSA) is 15.7 Å². The summed E-state index contributed by atoms with van der Waals surface area (Å²) in [5.74, 6) is 0.871. The van der Waals surface area contributed by atoms with Crippen LogP contribution in [0.1, 0.15) is 17.5 Å². The highest BCUT2D eigenvalue weighted by Gasteiger charge is 2.18. The summed E-state index contributed by atoms with van der Waals surface area (Å²) in [6.45, 7) is 1.98. The number of ether oxygens (including phenoxy) is 1. The van der Waals surface area contributed by atoms with Gasteiger partial charge in [-0.3, -0.25) is 0 Å². The molecule has 24 heavy (non-hydrogen) atoms. The molecule has 0 N–H and O–H groups in total. The summed E-state index contributed by atoms with van der Waals surface area (Å²) in [7, 11) is 5.91. The fraction of sp³-hybridized carbons (Fsp3) is 0.300. The lowest BCUT2D eigenvalue weighted by Gasteiger charge is -2.28. The Morgan fingerprint density at radius 2 is 1.79 bits per heavy atom. The molecule has 1 heterocycles. The molecule has 0 radical (unpaired) electrons. The van der Waals surface area contributed by atoms with Gasteiger partial charge >= 0.3 is 0 Å². The van der Waals surface area contributed by atoms with Gasteiger partial charge in [0.15, 0.2) is 0 Å². The third-order valence-corrected chi connectivity index (χ3v) is 4.47. The Balaban J connectivity index is 2.04. The van der Waals surface area contributed by atoms with E-state index in [4.69, 9.17) is 16.3 Å². The van der Waals surface area contributed by atoms with Crippen molar-refractivity contribution in [3.8, 4) is 5.75 Å². The zero-order valence-corrected chi connectivity index (χ0v) is 15.2. The number of halogens is 1. The van der Waals surface area contributed by atoms with E-state index in [2.05, 4.69) is 60.3 Å². The number of hydrogen-bond donors (Lipinski definition) is 0. The van der Waals surface area contributed by atoms with Gasteiger partial charge < -0.3 is 14.5 Å². The average Bonchev–Trinajstić information content (AvgIpc) is 2.71. The van der Waals surface area contributed by atoms with E-state index >= 15 is 0 Å². The molecule has 0 fully saturated rings. The van der Waals surface area contributed by atoms with Crippen molar-refractivity contribution in [1.82, 2.24) is 4.90 Å². The summed E-state index contributed by atoms with van der Waals surface area (Å²) in [6, 6.07) is 12.3. The molecule has 0 amide bonds. The van der Waals surface area contributed by atoms with Crippen molar-refractivity contribution in [2.75, 3.05) is 39.2 Å². The lowest BCUT2D eigenvalue weighted by atomic mass is 10.1. The van der Waals surface area contributed by atoms with Crippen LogP contribution in [0.5, 0.6) is 5.75 Å². The van der Waals surface area contributed by atoms with Crippen LogP contribution in [-0.2, 0) is 0 Å². The molecule has 0 spiro atoms. The maximum atomic E-state index is 6.28. The predicted molar refractivity (Wildman–Crippen MR) is 104 cm³/mol. The minimum atomic E-state index is 0.761. The number of fused-ring (bicyclic) bond motifs is 2. The molecular formula is C20H23ClN2O. The van der Waals surface area contributed by atoms with Crippen molar-refractivity contribution in [1.29, 1.82) is 0 Å². The van der Waals surface area contributed by atoms with Gasteiger partial charge in [0, 0.05) is 28.5 Å². The summed E-state index contributed by atoms with van der Waals surface area (Å²) in [4.78, 5) is 4.57. The second kappa shape index (κ2) is 7.29. The normalized spacial score (nSPS) is 12.8. The average molecular weight is 343 g/mol. The predicted octanol–water partition coefficient (Wildman–Crippen LogP) is 4.92. The maximum absolute atomic E-state index is 6.28. The second-order valence-corrected chi connectivity index (χ2v) is 6.71. The van der Waals surface area contributed by atoms with Gasteiger partial charge in [-0.25, -0.2) is 0 Å². The summed E-state index contributed by atoms with van der Waals surface area (Å²) in [6.07, 6.45) is 5.37. The van der Waals surface area contributed by atoms with Gasteiger partial charge in [0.25, 0.3) is 0 Å². The molecule has 2 aromatic rings. The molecule has 1 aliphatic heterocycles. The molecule has 0 bridgehead atoms.